The van der Waals surface area contributed by atoms with Crippen LogP contribution in [0.4, 0.5) is 0 Å². The minimum atomic E-state index is -0.514. The molecule has 0 aromatic rings. The predicted octanol–water partition coefficient (Wildman–Crippen LogP) is -1.46. The summed E-state index contributed by atoms with van der Waals surface area (Å²) in [7, 11) is 4.02. The zero-order valence-electron chi connectivity index (χ0n) is 8.92. The summed E-state index contributed by atoms with van der Waals surface area (Å²) < 4.78 is 13.8. The van der Waals surface area contributed by atoms with E-state index in [1.165, 1.54) is 27.8 Å². The maximum atomic E-state index is 4.60. The topological polar surface area (TPSA) is 27.7 Å². The predicted molar refractivity (Wildman–Crippen MR) is 47.0 cm³/mol. The Morgan fingerprint density at radius 2 is 1.33 bits per heavy atom. The van der Waals surface area contributed by atoms with Gasteiger partial charge in [-0.05, 0) is 0 Å². The number of unbranched alkanes of at least 4 members (excludes halogenated alkanes) is 1. The Bertz CT molecular complexity index is 55.1. The second kappa shape index (κ2) is 17.6. The van der Waals surface area contributed by atoms with Crippen LogP contribution in [0.5, 0.6) is 0 Å². The van der Waals surface area contributed by atoms with Gasteiger partial charge in [0.05, 0.1) is 0 Å². The first kappa shape index (κ1) is 18.4. The third kappa shape index (κ3) is 16.9. The molecule has 0 aliphatic rings. The van der Waals surface area contributed by atoms with E-state index in [-0.39, 0.29) is 18.9 Å². The van der Waals surface area contributed by atoms with Crippen LogP contribution in [0.3, 0.4) is 0 Å². The summed E-state index contributed by atoms with van der Waals surface area (Å²) in [5.41, 5.74) is 0. The second-order valence-corrected chi connectivity index (χ2v) is 1.85. The van der Waals surface area contributed by atoms with Gasteiger partial charge in [0.15, 0.2) is 0 Å². The maximum absolute atomic E-state index is 4.60. The second-order valence-electron chi connectivity index (χ2n) is 1.85. The minimum Gasteiger partial charge on any atom is -0.389 e. The third-order valence-electron chi connectivity index (χ3n) is 0.931. The summed E-state index contributed by atoms with van der Waals surface area (Å²) in [4.78, 5) is 0. The van der Waals surface area contributed by atoms with Crippen molar-refractivity contribution >= 4 is 7.32 Å². The molecule has 0 spiro atoms. The van der Waals surface area contributed by atoms with E-state index in [0.29, 0.717) is 0 Å². The van der Waals surface area contributed by atoms with Crippen LogP contribution in [0.25, 0.3) is 0 Å². The Morgan fingerprint density at radius 1 is 1.08 bits per heavy atom. The summed E-state index contributed by atoms with van der Waals surface area (Å²) in [6.07, 6.45) is 2.28. The molecule has 0 aromatic heterocycles. The van der Waals surface area contributed by atoms with Crippen LogP contribution < -0.4 is 18.9 Å². The van der Waals surface area contributed by atoms with Crippen molar-refractivity contribution in [2.75, 3.05) is 21.3 Å². The Morgan fingerprint density at radius 3 is 1.33 bits per heavy atom. The van der Waals surface area contributed by atoms with E-state index < -0.39 is 7.32 Å². The third-order valence-corrected chi connectivity index (χ3v) is 0.931. The molecule has 0 atom stereocenters. The molecule has 0 radical (unpaired) electrons. The molecule has 0 fully saturated rings. The van der Waals surface area contributed by atoms with Crippen molar-refractivity contribution in [2.45, 2.75) is 19.8 Å². The molecule has 0 amide bonds. The first-order chi connectivity index (χ1) is 5.26. The molecule has 0 saturated heterocycles. The Kier molecular flexibility index (Phi) is 26.9. The molecule has 12 heavy (non-hydrogen) atoms. The molecule has 0 saturated carbocycles. The van der Waals surface area contributed by atoms with Crippen LogP contribution in [-0.4, -0.2) is 28.7 Å². The zero-order valence-corrected chi connectivity index (χ0v) is 8.92. The maximum Gasteiger partial charge on any atom is 1.00 e. The van der Waals surface area contributed by atoms with E-state index in [1.54, 1.807) is 0 Å². The molecule has 0 aliphatic carbocycles. The normalized spacial score (nSPS) is 7.75. The Balaban J connectivity index is -0.000000142. The van der Waals surface area contributed by atoms with Gasteiger partial charge in [0.25, 0.3) is 0 Å². The van der Waals surface area contributed by atoms with E-state index in [2.05, 4.69) is 27.8 Å². The first-order valence-corrected chi connectivity index (χ1v) is 3.64. The fourth-order valence-corrected chi connectivity index (χ4v) is 0.289. The molecular formula is C7H18BLiO3. The Labute approximate surface area is 88.5 Å². The van der Waals surface area contributed by atoms with Crippen LogP contribution in [0.15, 0.2) is 0 Å². The van der Waals surface area contributed by atoms with Crippen molar-refractivity contribution in [1.82, 2.24) is 0 Å². The van der Waals surface area contributed by atoms with Crippen molar-refractivity contribution < 1.29 is 32.8 Å². The number of rotatable bonds is 4. The van der Waals surface area contributed by atoms with Gasteiger partial charge >= 0.3 is 26.2 Å². The van der Waals surface area contributed by atoms with Crippen LogP contribution >= 0.6 is 0 Å². The van der Waals surface area contributed by atoms with Gasteiger partial charge in [-0.25, -0.2) is 0 Å². The van der Waals surface area contributed by atoms with E-state index in [4.69, 9.17) is 0 Å². The molecule has 0 aromatic carbocycles. The standard InChI is InChI=1S/C4H9.C3H9BO3.Li/c1-3-4-2;1-5-4(6-2)7-3;/h1,3-4H2,2H3;1-3H3;/q-1;;+1. The van der Waals surface area contributed by atoms with Crippen molar-refractivity contribution in [3.8, 4) is 0 Å². The summed E-state index contributed by atoms with van der Waals surface area (Å²) in [5.74, 6) is 0. The van der Waals surface area contributed by atoms with Gasteiger partial charge < -0.3 is 20.9 Å². The molecule has 0 heterocycles. The van der Waals surface area contributed by atoms with Crippen molar-refractivity contribution in [2.24, 2.45) is 0 Å². The van der Waals surface area contributed by atoms with Gasteiger partial charge in [0.2, 0.25) is 0 Å². The van der Waals surface area contributed by atoms with Crippen LogP contribution in [0.2, 0.25) is 0 Å². The monoisotopic (exact) mass is 168 g/mol. The van der Waals surface area contributed by atoms with Crippen LogP contribution in [0, 0.1) is 6.92 Å². The van der Waals surface area contributed by atoms with E-state index in [1.807, 2.05) is 0 Å². The largest absolute Gasteiger partial charge is 1.00 e. The minimum absolute atomic E-state index is 0. The van der Waals surface area contributed by atoms with E-state index in [9.17, 15) is 0 Å². The average Bonchev–Trinajstić information content (AvgIpc) is 2.08. The first-order valence-electron chi connectivity index (χ1n) is 3.64. The smallest absolute Gasteiger partial charge is 0.389 e. The summed E-state index contributed by atoms with van der Waals surface area (Å²) in [5, 5.41) is 0. The molecule has 0 unspecified atom stereocenters. The molecule has 68 valence electrons. The van der Waals surface area contributed by atoms with Crippen molar-refractivity contribution in [1.29, 1.82) is 0 Å². The van der Waals surface area contributed by atoms with Crippen molar-refractivity contribution in [3.63, 3.8) is 0 Å². The molecule has 0 N–H and O–H groups in total. The molecule has 5 heteroatoms. The molecule has 3 nitrogen and oxygen atoms in total. The molecule has 0 rings (SSSR count). The fourth-order valence-electron chi connectivity index (χ4n) is 0.289. The Hall–Kier alpha value is 0.542. The van der Waals surface area contributed by atoms with Gasteiger partial charge in [-0.2, -0.15) is 6.42 Å². The zero-order chi connectivity index (χ0) is 9.11. The summed E-state index contributed by atoms with van der Waals surface area (Å²) >= 11 is 0. The van der Waals surface area contributed by atoms with E-state index in [0.717, 1.165) is 6.42 Å². The molecular weight excluding hydrogens is 150 g/mol. The van der Waals surface area contributed by atoms with Gasteiger partial charge in [-0.1, -0.05) is 13.3 Å². The van der Waals surface area contributed by atoms with Crippen molar-refractivity contribution in [3.05, 3.63) is 6.92 Å². The number of hydrogen-bond donors (Lipinski definition) is 0. The fraction of sp³-hybridized carbons (Fsp3) is 0.857. The molecule has 0 bridgehead atoms. The number of hydrogen-bond acceptors (Lipinski definition) is 3. The van der Waals surface area contributed by atoms with Gasteiger partial charge in [0, 0.05) is 21.3 Å². The van der Waals surface area contributed by atoms with Gasteiger partial charge in [-0.3, -0.25) is 0 Å². The SMILES string of the molecule is COB(OC)OC.[CH2-]CCC.[Li+]. The summed E-state index contributed by atoms with van der Waals surface area (Å²) in [6.45, 7) is 5.72. The van der Waals surface area contributed by atoms with Gasteiger partial charge in [-0.15, -0.1) is 0 Å². The average molecular weight is 168 g/mol. The molecule has 0 aliphatic heterocycles. The van der Waals surface area contributed by atoms with E-state index >= 15 is 0 Å². The van der Waals surface area contributed by atoms with Crippen LogP contribution in [0.1, 0.15) is 19.8 Å². The summed E-state index contributed by atoms with van der Waals surface area (Å²) in [6, 6.07) is 0. The quantitative estimate of drug-likeness (QED) is 0.379. The van der Waals surface area contributed by atoms with Gasteiger partial charge in [0.1, 0.15) is 0 Å². The van der Waals surface area contributed by atoms with Crippen LogP contribution in [-0.2, 0) is 14.0 Å².